The number of nitrogens with zero attached hydrogens (tertiary/aromatic N) is 6. The number of carbonyl (C=O) groups is 1. The number of hydrogen-bond donors (Lipinski definition) is 2. The average Bonchev–Trinajstić information content (AvgIpc) is 3.06. The number of hydrogen-bond acceptors (Lipinski definition) is 8. The van der Waals surface area contributed by atoms with Crippen molar-refractivity contribution in [1.29, 1.82) is 0 Å². The van der Waals surface area contributed by atoms with Crippen molar-refractivity contribution < 1.29 is 9.53 Å². The van der Waals surface area contributed by atoms with Crippen molar-refractivity contribution >= 4 is 29.0 Å². The third-order valence-electron chi connectivity index (χ3n) is 8.31. The molecular weight excluding hydrogens is 552 g/mol. The van der Waals surface area contributed by atoms with Crippen LogP contribution in [0.2, 0.25) is 0 Å². The van der Waals surface area contributed by atoms with Crippen molar-refractivity contribution in [2.45, 2.75) is 25.8 Å². The van der Waals surface area contributed by atoms with Crippen LogP contribution < -0.4 is 20.4 Å². The summed E-state index contributed by atoms with van der Waals surface area (Å²) in [7, 11) is 4.31. The van der Waals surface area contributed by atoms with Gasteiger partial charge in [-0.05, 0) is 82.4 Å². The second kappa shape index (κ2) is 13.4. The number of carbonyl (C=O) groups excluding carboxylic acids is 1. The number of piperidine rings is 1. The molecule has 6 rings (SSSR count). The van der Waals surface area contributed by atoms with Gasteiger partial charge in [0.05, 0.1) is 13.2 Å². The SMILES string of the molecule is Cc1ccc(-c2nc(-c3ccc(NC(=O)Nc4ccc(N5CCC(N(C)C)CC5)cc4)cc3)nc(N3CCOCC3)n2)cc1. The lowest BCUT2D eigenvalue weighted by Crippen LogP contribution is -2.41. The summed E-state index contributed by atoms with van der Waals surface area (Å²) in [6.07, 6.45) is 2.31. The molecule has 44 heavy (non-hydrogen) atoms. The lowest BCUT2D eigenvalue weighted by Gasteiger charge is -2.36. The van der Waals surface area contributed by atoms with E-state index in [2.05, 4.69) is 70.6 Å². The molecule has 4 aromatic rings. The summed E-state index contributed by atoms with van der Waals surface area (Å²) >= 11 is 0. The van der Waals surface area contributed by atoms with Crippen LogP contribution in [0, 0.1) is 6.92 Å². The predicted octanol–water partition coefficient (Wildman–Crippen LogP) is 5.53. The number of nitrogens with one attached hydrogen (secondary N) is 2. The van der Waals surface area contributed by atoms with Crippen molar-refractivity contribution in [3.05, 3.63) is 78.4 Å². The van der Waals surface area contributed by atoms with Gasteiger partial charge in [0.1, 0.15) is 0 Å². The average molecular weight is 593 g/mol. The first-order chi connectivity index (χ1) is 21.4. The zero-order chi connectivity index (χ0) is 30.5. The normalized spacial score (nSPS) is 15.8. The Morgan fingerprint density at radius 2 is 1.25 bits per heavy atom. The lowest BCUT2D eigenvalue weighted by molar-refractivity contribution is 0.122. The van der Waals surface area contributed by atoms with Gasteiger partial charge in [0.15, 0.2) is 11.6 Å². The number of aromatic nitrogens is 3. The fraction of sp³-hybridized carbons (Fsp3) is 0.353. The number of aryl methyl sites for hydroxylation is 1. The molecule has 0 unspecified atom stereocenters. The van der Waals surface area contributed by atoms with Gasteiger partial charge in [-0.3, -0.25) is 0 Å². The van der Waals surface area contributed by atoms with E-state index in [1.54, 1.807) is 0 Å². The maximum atomic E-state index is 12.8. The Labute approximate surface area is 259 Å². The molecule has 228 valence electrons. The summed E-state index contributed by atoms with van der Waals surface area (Å²) in [5.41, 5.74) is 5.56. The summed E-state index contributed by atoms with van der Waals surface area (Å²) in [5, 5.41) is 5.87. The van der Waals surface area contributed by atoms with Crippen molar-refractivity contribution in [3.63, 3.8) is 0 Å². The van der Waals surface area contributed by atoms with Gasteiger partial charge in [-0.2, -0.15) is 9.97 Å². The second-order valence-corrected chi connectivity index (χ2v) is 11.6. The third kappa shape index (κ3) is 7.15. The summed E-state index contributed by atoms with van der Waals surface area (Å²) in [6.45, 7) is 6.88. The standard InChI is InChI=1S/C34H40N8O2/c1-24-4-6-25(7-5-24)31-37-32(39-33(38-31)42-20-22-44-23-21-42)26-8-10-27(11-9-26)35-34(43)36-28-12-14-30(15-13-28)41-18-16-29(17-19-41)40(2)3/h4-15,29H,16-23H2,1-3H3,(H2,35,36,43). The number of urea groups is 1. The fourth-order valence-corrected chi connectivity index (χ4v) is 5.62. The molecule has 0 saturated carbocycles. The van der Waals surface area contributed by atoms with Crippen molar-refractivity contribution in [1.82, 2.24) is 19.9 Å². The first kappa shape index (κ1) is 29.5. The molecule has 0 spiro atoms. The molecular formula is C34H40N8O2. The van der Waals surface area contributed by atoms with Gasteiger partial charge in [0.25, 0.3) is 0 Å². The molecule has 3 aromatic carbocycles. The van der Waals surface area contributed by atoms with E-state index in [9.17, 15) is 4.79 Å². The Kier molecular flexibility index (Phi) is 8.99. The summed E-state index contributed by atoms with van der Waals surface area (Å²) in [6, 6.07) is 24.1. The van der Waals surface area contributed by atoms with E-state index in [4.69, 9.17) is 19.7 Å². The third-order valence-corrected chi connectivity index (χ3v) is 8.31. The predicted molar refractivity (Wildman–Crippen MR) is 176 cm³/mol. The van der Waals surface area contributed by atoms with Gasteiger partial charge in [-0.1, -0.05) is 29.8 Å². The summed E-state index contributed by atoms with van der Waals surface area (Å²) < 4.78 is 5.53. The molecule has 0 bridgehead atoms. The second-order valence-electron chi connectivity index (χ2n) is 11.6. The zero-order valence-corrected chi connectivity index (χ0v) is 25.7. The number of rotatable bonds is 7. The highest BCUT2D eigenvalue weighted by Gasteiger charge is 2.21. The van der Waals surface area contributed by atoms with Gasteiger partial charge < -0.3 is 30.1 Å². The monoisotopic (exact) mass is 592 g/mol. The minimum absolute atomic E-state index is 0.297. The Morgan fingerprint density at radius 1 is 0.727 bits per heavy atom. The highest BCUT2D eigenvalue weighted by molar-refractivity contribution is 6.00. The van der Waals surface area contributed by atoms with Crippen LogP contribution in [-0.4, -0.2) is 85.4 Å². The number of morpholine rings is 1. The molecule has 0 atom stereocenters. The number of benzene rings is 3. The molecule has 2 saturated heterocycles. The largest absolute Gasteiger partial charge is 0.378 e. The van der Waals surface area contributed by atoms with Crippen LogP contribution in [0.3, 0.4) is 0 Å². The van der Waals surface area contributed by atoms with E-state index in [-0.39, 0.29) is 6.03 Å². The van der Waals surface area contributed by atoms with Crippen LogP contribution >= 0.6 is 0 Å². The minimum Gasteiger partial charge on any atom is -0.378 e. The summed E-state index contributed by atoms with van der Waals surface area (Å²) in [5.74, 6) is 1.85. The summed E-state index contributed by atoms with van der Waals surface area (Å²) in [4.78, 5) is 34.1. The highest BCUT2D eigenvalue weighted by atomic mass is 16.5. The highest BCUT2D eigenvalue weighted by Crippen LogP contribution is 2.26. The van der Waals surface area contributed by atoms with E-state index in [1.165, 1.54) is 11.3 Å². The van der Waals surface area contributed by atoms with Gasteiger partial charge in [-0.15, -0.1) is 0 Å². The number of amides is 2. The Bertz CT molecular complexity index is 1540. The van der Waals surface area contributed by atoms with Crippen LogP contribution in [0.5, 0.6) is 0 Å². The van der Waals surface area contributed by atoms with Crippen LogP contribution in [0.25, 0.3) is 22.8 Å². The minimum atomic E-state index is -0.297. The van der Waals surface area contributed by atoms with Crippen LogP contribution in [0.15, 0.2) is 72.8 Å². The molecule has 2 N–H and O–H groups in total. The molecule has 1 aromatic heterocycles. The van der Waals surface area contributed by atoms with Crippen molar-refractivity contribution in [2.24, 2.45) is 0 Å². The van der Waals surface area contributed by atoms with Gasteiger partial charge in [0, 0.05) is 60.4 Å². The topological polar surface area (TPSA) is 98.8 Å². The van der Waals surface area contributed by atoms with Crippen molar-refractivity contribution in [2.75, 3.05) is 73.9 Å². The van der Waals surface area contributed by atoms with E-state index in [0.29, 0.717) is 42.5 Å². The maximum absolute atomic E-state index is 12.8. The first-order valence-corrected chi connectivity index (χ1v) is 15.3. The number of ether oxygens (including phenoxy) is 1. The molecule has 10 nitrogen and oxygen atoms in total. The maximum Gasteiger partial charge on any atom is 0.323 e. The van der Waals surface area contributed by atoms with Crippen LogP contribution in [0.1, 0.15) is 18.4 Å². The molecule has 0 radical (unpaired) electrons. The quantitative estimate of drug-likeness (QED) is 0.289. The van der Waals surface area contributed by atoms with E-state index < -0.39 is 0 Å². The fourth-order valence-electron chi connectivity index (χ4n) is 5.62. The van der Waals surface area contributed by atoms with E-state index in [0.717, 1.165) is 55.8 Å². The lowest BCUT2D eigenvalue weighted by atomic mass is 10.0. The van der Waals surface area contributed by atoms with Gasteiger partial charge in [0.2, 0.25) is 5.95 Å². The van der Waals surface area contributed by atoms with E-state index in [1.807, 2.05) is 48.5 Å². The number of anilines is 4. The molecule has 2 aliphatic rings. The molecule has 10 heteroatoms. The molecule has 2 amide bonds. The van der Waals surface area contributed by atoms with Crippen LogP contribution in [0.4, 0.5) is 27.8 Å². The molecule has 3 heterocycles. The zero-order valence-electron chi connectivity index (χ0n) is 25.7. The Morgan fingerprint density at radius 3 is 1.80 bits per heavy atom. The Balaban J connectivity index is 1.11. The van der Waals surface area contributed by atoms with Gasteiger partial charge in [-0.25, -0.2) is 9.78 Å². The smallest absolute Gasteiger partial charge is 0.323 e. The molecule has 2 aliphatic heterocycles. The molecule has 2 fully saturated rings. The Hall–Kier alpha value is -4.54. The van der Waals surface area contributed by atoms with Gasteiger partial charge >= 0.3 is 6.03 Å². The van der Waals surface area contributed by atoms with Crippen LogP contribution in [-0.2, 0) is 4.74 Å². The van der Waals surface area contributed by atoms with E-state index >= 15 is 0 Å². The molecule has 0 aliphatic carbocycles. The van der Waals surface area contributed by atoms with Crippen molar-refractivity contribution in [3.8, 4) is 22.8 Å². The first-order valence-electron chi connectivity index (χ1n) is 15.3.